The van der Waals surface area contributed by atoms with Crippen LogP contribution >= 0.6 is 0 Å². The molecule has 0 saturated heterocycles. The summed E-state index contributed by atoms with van der Waals surface area (Å²) in [6, 6.07) is 7.24. The summed E-state index contributed by atoms with van der Waals surface area (Å²) in [6.45, 7) is 2.26. The van der Waals surface area contributed by atoms with Gasteiger partial charge in [-0.25, -0.2) is 8.78 Å². The van der Waals surface area contributed by atoms with Crippen molar-refractivity contribution >= 4 is 23.4 Å². The molecule has 2 aromatic rings. The normalized spacial score (nSPS) is 13.1. The van der Waals surface area contributed by atoms with E-state index in [9.17, 15) is 23.2 Å². The summed E-state index contributed by atoms with van der Waals surface area (Å²) < 4.78 is 27.3. The molecule has 0 aromatic heterocycles. The van der Waals surface area contributed by atoms with Crippen molar-refractivity contribution in [1.29, 1.82) is 0 Å². The summed E-state index contributed by atoms with van der Waals surface area (Å²) in [4.78, 5) is 38.1. The quantitative estimate of drug-likeness (QED) is 0.831. The van der Waals surface area contributed by atoms with E-state index < -0.39 is 35.0 Å². The zero-order valence-electron chi connectivity index (χ0n) is 14.0. The van der Waals surface area contributed by atoms with Gasteiger partial charge in [-0.15, -0.1) is 0 Å². The van der Waals surface area contributed by atoms with Gasteiger partial charge in [0.2, 0.25) is 0 Å². The van der Waals surface area contributed by atoms with Gasteiger partial charge in [0.1, 0.15) is 17.3 Å². The standard InChI is InChI=1S/C19H16F2N2O3/c1-2-3-9-23-18(25)12-8-7-11(10-13(12)19(23)26)17(24)22-16-14(20)5-4-6-15(16)21/h4-8,10H,2-3,9H2,1H3,(H,22,24). The van der Waals surface area contributed by atoms with Crippen LogP contribution in [0.2, 0.25) is 0 Å². The van der Waals surface area contributed by atoms with E-state index in [1.807, 2.05) is 6.92 Å². The minimum atomic E-state index is -0.906. The fourth-order valence-corrected chi connectivity index (χ4v) is 2.75. The first-order chi connectivity index (χ1) is 12.4. The molecule has 7 heteroatoms. The largest absolute Gasteiger partial charge is 0.317 e. The van der Waals surface area contributed by atoms with Gasteiger partial charge < -0.3 is 5.32 Å². The van der Waals surface area contributed by atoms with Crippen LogP contribution in [-0.2, 0) is 0 Å². The van der Waals surface area contributed by atoms with Gasteiger partial charge in [0.05, 0.1) is 11.1 Å². The Morgan fingerprint density at radius 3 is 2.35 bits per heavy atom. The van der Waals surface area contributed by atoms with Crippen molar-refractivity contribution in [2.24, 2.45) is 0 Å². The Morgan fingerprint density at radius 2 is 1.69 bits per heavy atom. The number of halogens is 2. The summed E-state index contributed by atoms with van der Waals surface area (Å²) >= 11 is 0. The van der Waals surface area contributed by atoms with Crippen LogP contribution in [0.25, 0.3) is 0 Å². The van der Waals surface area contributed by atoms with Crippen LogP contribution in [0.5, 0.6) is 0 Å². The zero-order valence-corrected chi connectivity index (χ0v) is 14.0. The van der Waals surface area contributed by atoms with Crippen molar-refractivity contribution in [3.63, 3.8) is 0 Å². The van der Waals surface area contributed by atoms with E-state index in [1.54, 1.807) is 0 Å². The molecule has 0 aliphatic carbocycles. The van der Waals surface area contributed by atoms with Crippen molar-refractivity contribution < 1.29 is 23.2 Å². The van der Waals surface area contributed by atoms with Crippen LogP contribution in [0, 0.1) is 11.6 Å². The highest BCUT2D eigenvalue weighted by Gasteiger charge is 2.35. The van der Waals surface area contributed by atoms with Gasteiger partial charge in [-0.05, 0) is 36.8 Å². The van der Waals surface area contributed by atoms with E-state index in [2.05, 4.69) is 5.32 Å². The molecule has 5 nitrogen and oxygen atoms in total. The van der Waals surface area contributed by atoms with Gasteiger partial charge >= 0.3 is 0 Å². The van der Waals surface area contributed by atoms with Crippen LogP contribution in [-0.4, -0.2) is 29.2 Å². The minimum absolute atomic E-state index is 0.0323. The number of imide groups is 1. The average molecular weight is 358 g/mol. The Kier molecular flexibility index (Phi) is 4.79. The monoisotopic (exact) mass is 358 g/mol. The Morgan fingerprint density at radius 1 is 1.04 bits per heavy atom. The lowest BCUT2D eigenvalue weighted by atomic mass is 10.1. The Balaban J connectivity index is 1.86. The highest BCUT2D eigenvalue weighted by atomic mass is 19.1. The van der Waals surface area contributed by atoms with E-state index in [4.69, 9.17) is 0 Å². The number of para-hydroxylation sites is 1. The SMILES string of the molecule is CCCCN1C(=O)c2ccc(C(=O)Nc3c(F)cccc3F)cc2C1=O. The predicted octanol–water partition coefficient (Wildman–Crippen LogP) is 3.61. The van der Waals surface area contributed by atoms with Gasteiger partial charge in [-0.1, -0.05) is 19.4 Å². The third-order valence-corrected chi connectivity index (χ3v) is 4.17. The Hall–Kier alpha value is -3.09. The lowest BCUT2D eigenvalue weighted by molar-refractivity contribution is 0.0652. The molecule has 0 radical (unpaired) electrons. The van der Waals surface area contributed by atoms with Crippen LogP contribution in [0.1, 0.15) is 50.8 Å². The summed E-state index contributed by atoms with van der Waals surface area (Å²) in [5.41, 5.74) is -0.192. The lowest BCUT2D eigenvalue weighted by Gasteiger charge is -2.12. The lowest BCUT2D eigenvalue weighted by Crippen LogP contribution is -2.30. The molecule has 1 heterocycles. The third-order valence-electron chi connectivity index (χ3n) is 4.17. The fourth-order valence-electron chi connectivity index (χ4n) is 2.75. The molecule has 0 bridgehead atoms. The van der Waals surface area contributed by atoms with Gasteiger partial charge in [0.15, 0.2) is 0 Å². The van der Waals surface area contributed by atoms with Gasteiger partial charge in [-0.3, -0.25) is 19.3 Å². The molecule has 0 saturated carbocycles. The molecule has 0 spiro atoms. The molecule has 3 rings (SSSR count). The molecule has 1 aliphatic heterocycles. The van der Waals surface area contributed by atoms with E-state index in [-0.39, 0.29) is 16.7 Å². The highest BCUT2D eigenvalue weighted by Crippen LogP contribution is 2.25. The second-order valence-electron chi connectivity index (χ2n) is 5.93. The number of unbranched alkanes of at least 4 members (excludes halogenated alkanes) is 1. The zero-order chi connectivity index (χ0) is 18.8. The van der Waals surface area contributed by atoms with Crippen LogP contribution < -0.4 is 5.32 Å². The Bertz CT molecular complexity index is 891. The summed E-state index contributed by atoms with van der Waals surface area (Å²) in [5, 5.41) is 2.16. The van der Waals surface area contributed by atoms with Crippen molar-refractivity contribution in [3.8, 4) is 0 Å². The molecule has 1 N–H and O–H groups in total. The number of hydrogen-bond donors (Lipinski definition) is 1. The first-order valence-electron chi connectivity index (χ1n) is 8.19. The van der Waals surface area contributed by atoms with Crippen LogP contribution in [0.4, 0.5) is 14.5 Å². The van der Waals surface area contributed by atoms with Gasteiger partial charge in [-0.2, -0.15) is 0 Å². The van der Waals surface area contributed by atoms with Crippen LogP contribution in [0.15, 0.2) is 36.4 Å². The number of nitrogens with one attached hydrogen (secondary N) is 1. The molecular formula is C19H16F2N2O3. The number of benzene rings is 2. The maximum absolute atomic E-state index is 13.7. The highest BCUT2D eigenvalue weighted by molar-refractivity contribution is 6.22. The molecule has 0 fully saturated rings. The number of rotatable bonds is 5. The average Bonchev–Trinajstić information content (AvgIpc) is 2.86. The van der Waals surface area contributed by atoms with E-state index >= 15 is 0 Å². The van der Waals surface area contributed by atoms with Crippen LogP contribution in [0.3, 0.4) is 0 Å². The van der Waals surface area contributed by atoms with Gasteiger partial charge in [0.25, 0.3) is 17.7 Å². The first kappa shape index (κ1) is 17.7. The van der Waals surface area contributed by atoms with E-state index in [0.717, 1.165) is 23.5 Å². The number of fused-ring (bicyclic) bond motifs is 1. The maximum Gasteiger partial charge on any atom is 0.261 e. The Labute approximate surface area is 148 Å². The fraction of sp³-hybridized carbons (Fsp3) is 0.211. The van der Waals surface area contributed by atoms with Gasteiger partial charge in [0, 0.05) is 12.1 Å². The van der Waals surface area contributed by atoms with Crippen molar-refractivity contribution in [2.45, 2.75) is 19.8 Å². The molecule has 3 amide bonds. The summed E-state index contributed by atoms with van der Waals surface area (Å²) in [5.74, 6) is -3.45. The molecule has 0 atom stereocenters. The second-order valence-corrected chi connectivity index (χ2v) is 5.93. The first-order valence-corrected chi connectivity index (χ1v) is 8.19. The number of nitrogens with zero attached hydrogens (tertiary/aromatic N) is 1. The number of anilines is 1. The molecule has 1 aliphatic rings. The van der Waals surface area contributed by atoms with Crippen molar-refractivity contribution in [2.75, 3.05) is 11.9 Å². The number of carbonyl (C=O) groups is 3. The maximum atomic E-state index is 13.7. The molecule has 0 unspecified atom stereocenters. The molecular weight excluding hydrogens is 342 g/mol. The van der Waals surface area contributed by atoms with E-state index in [0.29, 0.717) is 13.0 Å². The third kappa shape index (κ3) is 3.08. The summed E-state index contributed by atoms with van der Waals surface area (Å²) in [7, 11) is 0. The van der Waals surface area contributed by atoms with Crippen molar-refractivity contribution in [1.82, 2.24) is 4.90 Å². The van der Waals surface area contributed by atoms with Crippen molar-refractivity contribution in [3.05, 3.63) is 64.7 Å². The topological polar surface area (TPSA) is 66.5 Å². The predicted molar refractivity (Wildman–Crippen MR) is 91.0 cm³/mol. The smallest absolute Gasteiger partial charge is 0.261 e. The molecule has 134 valence electrons. The number of carbonyl (C=O) groups excluding carboxylic acids is 3. The van der Waals surface area contributed by atoms with E-state index in [1.165, 1.54) is 24.3 Å². The molecule has 2 aromatic carbocycles. The minimum Gasteiger partial charge on any atom is -0.317 e. The number of hydrogen-bond acceptors (Lipinski definition) is 3. The second kappa shape index (κ2) is 7.03. The molecule has 26 heavy (non-hydrogen) atoms. The number of amides is 3. The summed E-state index contributed by atoms with van der Waals surface area (Å²) in [6.07, 6.45) is 1.51.